The Bertz CT molecular complexity index is 765. The second kappa shape index (κ2) is 9.06. The fourth-order valence-electron chi connectivity index (χ4n) is 2.20. The predicted molar refractivity (Wildman–Crippen MR) is 106 cm³/mol. The zero-order valence-corrected chi connectivity index (χ0v) is 16.9. The number of halogens is 1. The lowest BCUT2D eigenvalue weighted by molar-refractivity contribution is -0.125. The van der Waals surface area contributed by atoms with Crippen molar-refractivity contribution < 1.29 is 9.59 Å². The maximum Gasteiger partial charge on any atom is 0.255 e. The monoisotopic (exact) mass is 420 g/mol. The molecule has 0 spiro atoms. The van der Waals surface area contributed by atoms with Gasteiger partial charge in [-0.1, -0.05) is 46.3 Å². The number of nitrogens with zero attached hydrogens (tertiary/aromatic N) is 2. The van der Waals surface area contributed by atoms with Crippen molar-refractivity contribution in [2.75, 3.05) is 26.9 Å². The van der Waals surface area contributed by atoms with E-state index in [1.54, 1.807) is 37.0 Å². The average Bonchev–Trinajstić information content (AvgIpc) is 2.61. The highest BCUT2D eigenvalue weighted by atomic mass is 79.9. The highest BCUT2D eigenvalue weighted by Crippen LogP contribution is 2.25. The van der Waals surface area contributed by atoms with Crippen molar-refractivity contribution in [3.05, 3.63) is 64.1 Å². The lowest BCUT2D eigenvalue weighted by Crippen LogP contribution is -2.27. The van der Waals surface area contributed by atoms with Gasteiger partial charge in [-0.15, -0.1) is 11.8 Å². The Kier molecular flexibility index (Phi) is 7.08. The molecule has 25 heavy (non-hydrogen) atoms. The summed E-state index contributed by atoms with van der Waals surface area (Å²) in [5, 5.41) is 0. The third kappa shape index (κ3) is 5.34. The van der Waals surface area contributed by atoms with Crippen LogP contribution in [-0.2, 0) is 11.3 Å². The van der Waals surface area contributed by atoms with Crippen LogP contribution in [0.15, 0.2) is 57.9 Å². The van der Waals surface area contributed by atoms with Gasteiger partial charge in [0.15, 0.2) is 0 Å². The van der Waals surface area contributed by atoms with Gasteiger partial charge in [0.2, 0.25) is 5.91 Å². The SMILES string of the molecule is CN(C)C(=O)CSc1ccccc1C(=O)N(C)Cc1ccccc1Br. The molecule has 0 fully saturated rings. The topological polar surface area (TPSA) is 40.6 Å². The molecule has 0 aliphatic rings. The summed E-state index contributed by atoms with van der Waals surface area (Å²) in [6, 6.07) is 15.3. The molecule has 0 saturated carbocycles. The van der Waals surface area contributed by atoms with E-state index in [-0.39, 0.29) is 11.8 Å². The first kappa shape index (κ1) is 19.5. The minimum Gasteiger partial charge on any atom is -0.348 e. The van der Waals surface area contributed by atoms with E-state index < -0.39 is 0 Å². The summed E-state index contributed by atoms with van der Waals surface area (Å²) in [5.41, 5.74) is 1.67. The number of carbonyl (C=O) groups is 2. The summed E-state index contributed by atoms with van der Waals surface area (Å²) < 4.78 is 0.980. The first-order valence-electron chi connectivity index (χ1n) is 7.81. The molecule has 132 valence electrons. The van der Waals surface area contributed by atoms with Crippen LogP contribution < -0.4 is 0 Å². The molecule has 0 aromatic heterocycles. The number of rotatable bonds is 6. The van der Waals surface area contributed by atoms with Crippen LogP contribution in [0.5, 0.6) is 0 Å². The van der Waals surface area contributed by atoms with Gasteiger partial charge in [-0.3, -0.25) is 9.59 Å². The van der Waals surface area contributed by atoms with Gasteiger partial charge in [-0.2, -0.15) is 0 Å². The molecular weight excluding hydrogens is 400 g/mol. The van der Waals surface area contributed by atoms with Gasteiger partial charge >= 0.3 is 0 Å². The van der Waals surface area contributed by atoms with Crippen molar-refractivity contribution in [2.45, 2.75) is 11.4 Å². The summed E-state index contributed by atoms with van der Waals surface area (Å²) in [5.74, 6) is 0.274. The molecule has 0 atom stereocenters. The molecule has 2 aromatic carbocycles. The van der Waals surface area contributed by atoms with Crippen molar-refractivity contribution in [1.29, 1.82) is 0 Å². The summed E-state index contributed by atoms with van der Waals surface area (Å²) in [7, 11) is 5.24. The minimum absolute atomic E-state index is 0.0221. The van der Waals surface area contributed by atoms with E-state index in [2.05, 4.69) is 15.9 Å². The smallest absolute Gasteiger partial charge is 0.255 e. The van der Waals surface area contributed by atoms with E-state index in [9.17, 15) is 9.59 Å². The Balaban J connectivity index is 2.13. The third-order valence-corrected chi connectivity index (χ3v) is 5.51. The highest BCUT2D eigenvalue weighted by Gasteiger charge is 2.17. The average molecular weight is 421 g/mol. The molecule has 4 nitrogen and oxygen atoms in total. The van der Waals surface area contributed by atoms with E-state index in [1.165, 1.54) is 11.8 Å². The van der Waals surface area contributed by atoms with Gasteiger partial charge < -0.3 is 9.80 Å². The molecule has 0 bridgehead atoms. The zero-order valence-electron chi connectivity index (χ0n) is 14.5. The van der Waals surface area contributed by atoms with Gasteiger partial charge in [-0.05, 0) is 23.8 Å². The van der Waals surface area contributed by atoms with Gasteiger partial charge in [0, 0.05) is 37.1 Å². The number of carbonyl (C=O) groups excluding carboxylic acids is 2. The minimum atomic E-state index is -0.0591. The van der Waals surface area contributed by atoms with Crippen molar-refractivity contribution in [3.8, 4) is 0 Å². The molecule has 0 aliphatic heterocycles. The van der Waals surface area contributed by atoms with Crippen molar-refractivity contribution in [3.63, 3.8) is 0 Å². The predicted octanol–water partition coefficient (Wildman–Crippen LogP) is 3.90. The Labute approximate surface area is 161 Å². The molecule has 0 aliphatic carbocycles. The van der Waals surface area contributed by atoms with Crippen LogP contribution in [-0.4, -0.2) is 48.5 Å². The lowest BCUT2D eigenvalue weighted by Gasteiger charge is -2.20. The Morgan fingerprint density at radius 2 is 1.64 bits per heavy atom. The first-order valence-corrected chi connectivity index (χ1v) is 9.59. The number of hydrogen-bond acceptors (Lipinski definition) is 3. The maximum absolute atomic E-state index is 12.9. The van der Waals surface area contributed by atoms with Crippen LogP contribution in [0.1, 0.15) is 15.9 Å². The van der Waals surface area contributed by atoms with Crippen LogP contribution in [0, 0.1) is 0 Å². The second-order valence-electron chi connectivity index (χ2n) is 5.83. The number of benzene rings is 2. The van der Waals surface area contributed by atoms with Crippen LogP contribution >= 0.6 is 27.7 Å². The summed E-state index contributed by atoms with van der Waals surface area (Å²) in [6.07, 6.45) is 0. The summed E-state index contributed by atoms with van der Waals surface area (Å²) in [4.78, 5) is 28.7. The molecule has 0 heterocycles. The van der Waals surface area contributed by atoms with Crippen molar-refractivity contribution >= 4 is 39.5 Å². The van der Waals surface area contributed by atoms with E-state index in [0.29, 0.717) is 17.9 Å². The third-order valence-electron chi connectivity index (χ3n) is 3.68. The van der Waals surface area contributed by atoms with Crippen LogP contribution in [0.2, 0.25) is 0 Å². The molecule has 6 heteroatoms. The molecule has 2 amide bonds. The standard InChI is InChI=1S/C19H21BrN2O2S/c1-21(2)18(23)13-25-17-11-7-5-9-15(17)19(24)22(3)12-14-8-4-6-10-16(14)20/h4-11H,12-13H2,1-3H3. The molecule has 2 aromatic rings. The van der Waals surface area contributed by atoms with Crippen LogP contribution in [0.4, 0.5) is 0 Å². The molecule has 0 N–H and O–H groups in total. The Morgan fingerprint density at radius 1 is 1.00 bits per heavy atom. The molecule has 0 saturated heterocycles. The zero-order chi connectivity index (χ0) is 18.4. The summed E-state index contributed by atoms with van der Waals surface area (Å²) in [6.45, 7) is 0.510. The first-order chi connectivity index (χ1) is 11.9. The fraction of sp³-hybridized carbons (Fsp3) is 0.263. The van der Waals surface area contributed by atoms with Gasteiger partial charge in [-0.25, -0.2) is 0 Å². The fourth-order valence-corrected chi connectivity index (χ4v) is 3.63. The highest BCUT2D eigenvalue weighted by molar-refractivity contribution is 9.10. The van der Waals surface area contributed by atoms with E-state index in [0.717, 1.165) is 14.9 Å². The van der Waals surface area contributed by atoms with Crippen molar-refractivity contribution in [1.82, 2.24) is 9.80 Å². The number of amides is 2. The van der Waals surface area contributed by atoms with Gasteiger partial charge in [0.1, 0.15) is 0 Å². The maximum atomic E-state index is 12.9. The lowest BCUT2D eigenvalue weighted by atomic mass is 10.1. The normalized spacial score (nSPS) is 10.4. The Hall–Kier alpha value is -1.79. The molecular formula is C19H21BrN2O2S. The number of thioether (sulfide) groups is 1. The van der Waals surface area contributed by atoms with Gasteiger partial charge in [0.25, 0.3) is 5.91 Å². The molecule has 0 radical (unpaired) electrons. The van der Waals surface area contributed by atoms with Crippen molar-refractivity contribution in [2.24, 2.45) is 0 Å². The van der Waals surface area contributed by atoms with E-state index >= 15 is 0 Å². The van der Waals surface area contributed by atoms with Gasteiger partial charge in [0.05, 0.1) is 11.3 Å². The largest absolute Gasteiger partial charge is 0.348 e. The quantitative estimate of drug-likeness (QED) is 0.665. The second-order valence-corrected chi connectivity index (χ2v) is 7.70. The molecule has 2 rings (SSSR count). The van der Waals surface area contributed by atoms with Crippen LogP contribution in [0.3, 0.4) is 0 Å². The van der Waals surface area contributed by atoms with Crippen LogP contribution in [0.25, 0.3) is 0 Å². The number of hydrogen-bond donors (Lipinski definition) is 0. The van der Waals surface area contributed by atoms with E-state index in [1.807, 2.05) is 42.5 Å². The Morgan fingerprint density at radius 3 is 2.32 bits per heavy atom. The summed E-state index contributed by atoms with van der Waals surface area (Å²) >= 11 is 4.91. The van der Waals surface area contributed by atoms with E-state index in [4.69, 9.17) is 0 Å². The molecule has 0 unspecified atom stereocenters.